The summed E-state index contributed by atoms with van der Waals surface area (Å²) >= 11 is 1.47. The molecule has 16 nitrogen and oxygen atoms in total. The summed E-state index contributed by atoms with van der Waals surface area (Å²) in [6.07, 6.45) is 2.85. The minimum absolute atomic E-state index is 0.0337. The number of rotatable bonds is 12. The first-order chi connectivity index (χ1) is 20.9. The van der Waals surface area contributed by atoms with Gasteiger partial charge in [0.25, 0.3) is 20.2 Å². The lowest BCUT2D eigenvalue weighted by atomic mass is 10.1. The Morgan fingerprint density at radius 3 is 1.77 bits per heavy atom. The Bertz CT molecular complexity index is 2060. The molecule has 0 saturated carbocycles. The lowest BCUT2D eigenvalue weighted by Crippen LogP contribution is -2.04. The summed E-state index contributed by atoms with van der Waals surface area (Å²) in [5.41, 5.74) is 1.01. The van der Waals surface area contributed by atoms with Crippen LogP contribution in [0.3, 0.4) is 0 Å². The van der Waals surface area contributed by atoms with E-state index in [1.807, 2.05) is 0 Å². The van der Waals surface area contributed by atoms with E-state index in [0.717, 1.165) is 35.5 Å². The fraction of sp³-hybridized carbons (Fsp3) is 0. The highest BCUT2D eigenvalue weighted by Crippen LogP contribution is 2.36. The smallest absolute Gasteiger partial charge is 0.295 e. The minimum Gasteiger partial charge on any atom is -0.339 e. The lowest BCUT2D eigenvalue weighted by Gasteiger charge is -2.12. The van der Waals surface area contributed by atoms with Crippen LogP contribution in [0.1, 0.15) is 0 Å². The van der Waals surface area contributed by atoms with E-state index in [1.54, 1.807) is 30.3 Å². The monoisotopic (exact) mass is 682 g/mol. The molecule has 0 saturated heterocycles. The average molecular weight is 683 g/mol. The molecule has 0 unspecified atom stereocenters. The number of aromatic nitrogens is 2. The molecule has 4 aromatic carbocycles. The number of nitrogens with one attached hydrogen (secondary N) is 2. The van der Waals surface area contributed by atoms with Crippen molar-refractivity contribution in [3.05, 3.63) is 73.1 Å². The third-order valence-corrected chi connectivity index (χ3v) is 8.79. The third kappa shape index (κ3) is 7.52. The number of fused-ring (bicyclic) bond motifs is 2. The molecule has 0 spiro atoms. The SMILES string of the molecule is O=S(=O)(O)c1cc(S(=O)(=O)O)c2ccc(Nc3cnc(Nc4ccc5c(SOOO)cc(SOOO)cc5c4)cn3)cc2c1. The van der Waals surface area contributed by atoms with Gasteiger partial charge in [-0.1, -0.05) is 22.2 Å². The summed E-state index contributed by atoms with van der Waals surface area (Å²) in [6, 6.07) is 14.7. The highest BCUT2D eigenvalue weighted by molar-refractivity contribution is 7.95. The van der Waals surface area contributed by atoms with Gasteiger partial charge in [-0.2, -0.15) is 16.8 Å². The predicted molar refractivity (Wildman–Crippen MR) is 157 cm³/mol. The molecule has 0 atom stereocenters. The molecule has 1 heterocycles. The van der Waals surface area contributed by atoms with Crippen LogP contribution in [0.25, 0.3) is 21.5 Å². The summed E-state index contributed by atoms with van der Waals surface area (Å²) < 4.78 is 75.1. The van der Waals surface area contributed by atoms with Gasteiger partial charge < -0.3 is 10.6 Å². The summed E-state index contributed by atoms with van der Waals surface area (Å²) in [4.78, 5) is 8.32. The van der Waals surface area contributed by atoms with Crippen LogP contribution in [0.5, 0.6) is 0 Å². The molecule has 0 aliphatic carbocycles. The fourth-order valence-electron chi connectivity index (χ4n) is 4.11. The van der Waals surface area contributed by atoms with Crippen molar-refractivity contribution in [2.24, 2.45) is 0 Å². The second-order valence-corrected chi connectivity index (χ2v) is 13.0. The minimum atomic E-state index is -4.81. The van der Waals surface area contributed by atoms with Gasteiger partial charge in [0, 0.05) is 26.6 Å². The molecular formula is C24H18N4O12S4. The molecule has 0 aliphatic heterocycles. The normalized spacial score (nSPS) is 12.1. The maximum absolute atomic E-state index is 11.8. The van der Waals surface area contributed by atoms with Crippen LogP contribution < -0.4 is 10.6 Å². The molecule has 0 radical (unpaired) electrons. The number of benzene rings is 4. The van der Waals surface area contributed by atoms with Crippen LogP contribution in [0, 0.1) is 0 Å². The van der Waals surface area contributed by atoms with Gasteiger partial charge in [-0.05, 0) is 64.7 Å². The van der Waals surface area contributed by atoms with E-state index in [1.165, 1.54) is 30.6 Å². The van der Waals surface area contributed by atoms with Crippen molar-refractivity contribution < 1.29 is 55.2 Å². The van der Waals surface area contributed by atoms with Crippen molar-refractivity contribution in [3.63, 3.8) is 0 Å². The summed E-state index contributed by atoms with van der Waals surface area (Å²) in [5, 5.41) is 32.0. The largest absolute Gasteiger partial charge is 0.339 e. The van der Waals surface area contributed by atoms with E-state index in [2.05, 4.69) is 39.3 Å². The van der Waals surface area contributed by atoms with E-state index < -0.39 is 30.0 Å². The van der Waals surface area contributed by atoms with Crippen molar-refractivity contribution in [2.75, 3.05) is 10.6 Å². The number of hydrogen-bond donors (Lipinski definition) is 6. The summed E-state index contributed by atoms with van der Waals surface area (Å²) in [6.45, 7) is 0. The van der Waals surface area contributed by atoms with E-state index >= 15 is 0 Å². The zero-order chi connectivity index (χ0) is 31.5. The molecular weight excluding hydrogens is 665 g/mol. The lowest BCUT2D eigenvalue weighted by molar-refractivity contribution is -0.432. The van der Waals surface area contributed by atoms with Gasteiger partial charge in [0.15, 0.2) is 0 Å². The van der Waals surface area contributed by atoms with Gasteiger partial charge in [-0.15, -0.1) is 8.67 Å². The van der Waals surface area contributed by atoms with Crippen LogP contribution in [0.15, 0.2) is 92.6 Å². The Morgan fingerprint density at radius 1 is 0.659 bits per heavy atom. The predicted octanol–water partition coefficient (Wildman–Crippen LogP) is 5.62. The van der Waals surface area contributed by atoms with E-state index in [4.69, 9.17) is 10.5 Å². The Kier molecular flexibility index (Phi) is 9.50. The molecule has 20 heteroatoms. The number of hydrogen-bond acceptors (Lipinski definition) is 16. The Morgan fingerprint density at radius 2 is 1.23 bits per heavy atom. The second kappa shape index (κ2) is 13.2. The molecule has 5 aromatic rings. The van der Waals surface area contributed by atoms with Crippen LogP contribution in [0.2, 0.25) is 0 Å². The van der Waals surface area contributed by atoms with Crippen LogP contribution in [-0.4, -0.2) is 46.4 Å². The molecule has 5 rings (SSSR count). The number of anilines is 4. The van der Waals surface area contributed by atoms with Crippen LogP contribution in [0.4, 0.5) is 23.0 Å². The van der Waals surface area contributed by atoms with Crippen molar-refractivity contribution >= 4 is 88.9 Å². The van der Waals surface area contributed by atoms with Gasteiger partial charge in [0.1, 0.15) is 16.5 Å². The zero-order valence-electron chi connectivity index (χ0n) is 21.5. The first-order valence-corrected chi connectivity index (χ1v) is 16.1. The van der Waals surface area contributed by atoms with Gasteiger partial charge in [0.2, 0.25) is 0 Å². The van der Waals surface area contributed by atoms with Gasteiger partial charge in [-0.25, -0.2) is 20.5 Å². The van der Waals surface area contributed by atoms with Crippen molar-refractivity contribution in [1.82, 2.24) is 9.97 Å². The molecule has 0 amide bonds. The van der Waals surface area contributed by atoms with Crippen LogP contribution >= 0.6 is 24.1 Å². The van der Waals surface area contributed by atoms with Crippen molar-refractivity contribution in [3.8, 4) is 0 Å². The molecule has 6 N–H and O–H groups in total. The third-order valence-electron chi connectivity index (χ3n) is 5.86. The maximum atomic E-state index is 11.8. The number of nitrogens with zero attached hydrogens (tertiary/aromatic N) is 2. The molecule has 0 fully saturated rings. The fourth-order valence-corrected chi connectivity index (χ4v) is 6.55. The molecule has 1 aromatic heterocycles. The Balaban J connectivity index is 1.37. The zero-order valence-corrected chi connectivity index (χ0v) is 24.8. The van der Waals surface area contributed by atoms with Crippen LogP contribution in [-0.2, 0) is 39.0 Å². The van der Waals surface area contributed by atoms with E-state index in [-0.39, 0.29) is 16.6 Å². The summed E-state index contributed by atoms with van der Waals surface area (Å²) in [7, 11) is -9.58. The average Bonchev–Trinajstić information content (AvgIpc) is 2.98. The van der Waals surface area contributed by atoms with E-state index in [0.29, 0.717) is 38.4 Å². The van der Waals surface area contributed by atoms with Gasteiger partial charge >= 0.3 is 0 Å². The molecule has 0 aliphatic rings. The summed E-state index contributed by atoms with van der Waals surface area (Å²) in [5.74, 6) is 0.660. The molecule has 230 valence electrons. The first-order valence-electron chi connectivity index (χ1n) is 11.7. The van der Waals surface area contributed by atoms with E-state index in [9.17, 15) is 25.9 Å². The maximum Gasteiger partial charge on any atom is 0.295 e. The highest BCUT2D eigenvalue weighted by Gasteiger charge is 2.20. The molecule has 0 bridgehead atoms. The van der Waals surface area contributed by atoms with Gasteiger partial charge in [0.05, 0.1) is 41.4 Å². The standard InChI is InChI=1S/C24H18N4O12S4/c29-37-39-41-17-7-13-5-15(1-3-19(13)21(9-17)42-40-38-30)27-23-11-26-24(12-25-23)28-16-2-4-20-14(6-16)8-18(43(31,32)33)10-22(20)44(34,35)36/h1-12,29-30H,(H,25,27)(H,26,28)(H,31,32,33)(H,34,35,36). The van der Waals surface area contributed by atoms with Crippen molar-refractivity contribution in [2.45, 2.75) is 19.6 Å². The first kappa shape index (κ1) is 31.8. The topological polar surface area (TPSA) is 236 Å². The highest BCUT2D eigenvalue weighted by atomic mass is 32.2. The van der Waals surface area contributed by atoms with Gasteiger partial charge in [-0.3, -0.25) is 9.11 Å². The second-order valence-electron chi connectivity index (χ2n) is 8.65. The molecule has 44 heavy (non-hydrogen) atoms. The Labute approximate surface area is 256 Å². The quantitative estimate of drug-likeness (QED) is 0.0405. The van der Waals surface area contributed by atoms with Crippen molar-refractivity contribution in [1.29, 1.82) is 0 Å². The Hall–Kier alpha value is -3.64.